The second kappa shape index (κ2) is 12.7. The van der Waals surface area contributed by atoms with Crippen LogP contribution >= 0.6 is 0 Å². The van der Waals surface area contributed by atoms with Gasteiger partial charge >= 0.3 is 5.97 Å². The highest BCUT2D eigenvalue weighted by Gasteiger charge is 2.17. The Morgan fingerprint density at radius 3 is 2.58 bits per heavy atom. The molecule has 36 heavy (non-hydrogen) atoms. The molecule has 1 aromatic heterocycles. The highest BCUT2D eigenvalue weighted by molar-refractivity contribution is 7.84. The third kappa shape index (κ3) is 7.17. The number of pyridine rings is 1. The Morgan fingerprint density at radius 2 is 1.81 bits per heavy atom. The molecular weight excluding hydrogens is 474 g/mol. The topological polar surface area (TPSA) is 85.7 Å². The lowest BCUT2D eigenvalue weighted by molar-refractivity contribution is -0.136. The van der Waals surface area contributed by atoms with Crippen molar-refractivity contribution >= 4 is 16.8 Å². The van der Waals surface area contributed by atoms with E-state index in [-0.39, 0.29) is 6.42 Å². The van der Waals surface area contributed by atoms with Crippen LogP contribution in [0.25, 0.3) is 11.1 Å². The van der Waals surface area contributed by atoms with Crippen molar-refractivity contribution in [1.82, 2.24) is 4.98 Å². The molecule has 0 saturated carbocycles. The minimum absolute atomic E-state index is 0.125. The van der Waals surface area contributed by atoms with Crippen LogP contribution in [0.15, 0.2) is 54.6 Å². The van der Waals surface area contributed by atoms with Crippen LogP contribution < -0.4 is 9.47 Å². The Hall–Kier alpha value is -3.19. The number of carboxylic acid groups (broad SMARTS) is 1. The summed E-state index contributed by atoms with van der Waals surface area (Å²) in [5.41, 5.74) is 6.78. The van der Waals surface area contributed by atoms with Crippen molar-refractivity contribution in [3.05, 3.63) is 77.0 Å². The van der Waals surface area contributed by atoms with E-state index in [0.717, 1.165) is 53.8 Å². The highest BCUT2D eigenvalue weighted by Crippen LogP contribution is 2.34. The smallest absolute Gasteiger partial charge is 0.303 e. The molecule has 0 saturated heterocycles. The van der Waals surface area contributed by atoms with Crippen LogP contribution in [0.1, 0.15) is 48.6 Å². The number of hydrogen-bond donors (Lipinski definition) is 1. The molecule has 7 heteroatoms. The molecule has 4 rings (SSSR count). The molecule has 0 aliphatic heterocycles. The first-order valence-electron chi connectivity index (χ1n) is 12.5. The summed E-state index contributed by atoms with van der Waals surface area (Å²) in [6.07, 6.45) is 4.35. The number of nitrogens with zero attached hydrogens (tertiary/aromatic N) is 1. The zero-order valence-corrected chi connectivity index (χ0v) is 21.5. The maximum Gasteiger partial charge on any atom is 0.303 e. The second-order valence-electron chi connectivity index (χ2n) is 8.95. The first kappa shape index (κ1) is 25.9. The summed E-state index contributed by atoms with van der Waals surface area (Å²) in [6.45, 7) is 2.91. The molecule has 2 aromatic carbocycles. The van der Waals surface area contributed by atoms with E-state index in [9.17, 15) is 9.00 Å². The van der Waals surface area contributed by atoms with E-state index in [1.54, 1.807) is 0 Å². The van der Waals surface area contributed by atoms with Crippen LogP contribution in [-0.4, -0.2) is 38.4 Å². The summed E-state index contributed by atoms with van der Waals surface area (Å²) in [6, 6.07) is 18.2. The first-order valence-corrected chi connectivity index (χ1v) is 14.0. The van der Waals surface area contributed by atoms with Crippen molar-refractivity contribution in [2.45, 2.75) is 52.1 Å². The molecule has 1 aliphatic rings. The van der Waals surface area contributed by atoms with E-state index in [1.165, 1.54) is 11.1 Å². The number of carboxylic acids is 1. The largest absolute Gasteiger partial charge is 0.489 e. The molecule has 0 spiro atoms. The van der Waals surface area contributed by atoms with Crippen molar-refractivity contribution < 1.29 is 23.6 Å². The molecule has 0 radical (unpaired) electrons. The standard InChI is InChI=1S/C29H33NO5S/c1-2-36(33)18-4-17-34-28-15-14-25-26-19-22(7-11-23(26)5-3-6-27(25)30-28)20-35-24-12-8-21(9-13-24)10-16-29(31)32/h7-9,11-15,19H,2-6,10,16-18,20H2,1H3,(H,31,32). The van der Waals surface area contributed by atoms with E-state index in [4.69, 9.17) is 19.6 Å². The molecule has 3 aromatic rings. The average Bonchev–Trinajstić information content (AvgIpc) is 3.07. The summed E-state index contributed by atoms with van der Waals surface area (Å²) >= 11 is 0. The first-order chi connectivity index (χ1) is 17.5. The number of fused-ring (bicyclic) bond motifs is 3. The predicted molar refractivity (Wildman–Crippen MR) is 142 cm³/mol. The molecule has 6 nitrogen and oxygen atoms in total. The molecular formula is C29H33NO5S. The van der Waals surface area contributed by atoms with Gasteiger partial charge in [-0.15, -0.1) is 0 Å². The zero-order valence-electron chi connectivity index (χ0n) is 20.7. The Balaban J connectivity index is 1.41. The molecule has 1 heterocycles. The summed E-state index contributed by atoms with van der Waals surface area (Å²) in [4.78, 5) is 15.6. The summed E-state index contributed by atoms with van der Waals surface area (Å²) in [5.74, 6) is 1.94. The normalized spacial score (nSPS) is 13.2. The van der Waals surface area contributed by atoms with Crippen LogP contribution in [0.2, 0.25) is 0 Å². The molecule has 1 unspecified atom stereocenters. The number of hydrogen-bond acceptors (Lipinski definition) is 5. The van der Waals surface area contributed by atoms with Gasteiger partial charge in [0, 0.05) is 40.4 Å². The summed E-state index contributed by atoms with van der Waals surface area (Å²) in [7, 11) is -0.764. The quantitative estimate of drug-likeness (QED) is 0.332. The Bertz CT molecular complexity index is 1210. The lowest BCUT2D eigenvalue weighted by Crippen LogP contribution is -2.07. The maximum absolute atomic E-state index is 11.6. The van der Waals surface area contributed by atoms with Crippen molar-refractivity contribution in [2.24, 2.45) is 0 Å². The van der Waals surface area contributed by atoms with Crippen LogP contribution in [0.5, 0.6) is 11.6 Å². The Morgan fingerprint density at radius 1 is 1.00 bits per heavy atom. The summed E-state index contributed by atoms with van der Waals surface area (Å²) in [5, 5.41) is 8.84. The fourth-order valence-corrected chi connectivity index (χ4v) is 5.07. The van der Waals surface area contributed by atoms with Gasteiger partial charge in [-0.3, -0.25) is 9.00 Å². The van der Waals surface area contributed by atoms with Crippen LogP contribution in [0, 0.1) is 0 Å². The predicted octanol–water partition coefficient (Wildman–Crippen LogP) is 5.37. The number of aromatic nitrogens is 1. The maximum atomic E-state index is 11.6. The van der Waals surface area contributed by atoms with E-state index in [0.29, 0.717) is 37.0 Å². The van der Waals surface area contributed by atoms with Crippen LogP contribution in [0.4, 0.5) is 0 Å². The number of rotatable bonds is 12. The SMILES string of the molecule is CCS(=O)CCCOc1ccc2c(n1)CCCc1ccc(COc3ccc(CCC(=O)O)cc3)cc1-2. The van der Waals surface area contributed by atoms with Gasteiger partial charge < -0.3 is 14.6 Å². The number of ether oxygens (including phenoxy) is 2. The van der Waals surface area contributed by atoms with E-state index >= 15 is 0 Å². The lowest BCUT2D eigenvalue weighted by atomic mass is 9.97. The van der Waals surface area contributed by atoms with E-state index < -0.39 is 16.8 Å². The van der Waals surface area contributed by atoms with Gasteiger partial charge in [-0.05, 0) is 78.6 Å². The molecule has 0 fully saturated rings. The second-order valence-corrected chi connectivity index (χ2v) is 10.8. The van der Waals surface area contributed by atoms with Crippen molar-refractivity contribution in [3.63, 3.8) is 0 Å². The molecule has 1 aliphatic carbocycles. The summed E-state index contributed by atoms with van der Waals surface area (Å²) < 4.78 is 23.5. The number of benzene rings is 2. The van der Waals surface area contributed by atoms with Crippen molar-refractivity contribution in [3.8, 4) is 22.8 Å². The van der Waals surface area contributed by atoms with E-state index in [1.807, 2.05) is 37.3 Å². The molecule has 1 atom stereocenters. The average molecular weight is 508 g/mol. The third-order valence-electron chi connectivity index (χ3n) is 6.32. The molecule has 0 amide bonds. The van der Waals surface area contributed by atoms with Gasteiger partial charge in [0.1, 0.15) is 12.4 Å². The van der Waals surface area contributed by atoms with E-state index in [2.05, 4.69) is 24.3 Å². The number of aryl methyl sites for hydroxylation is 3. The fraction of sp³-hybridized carbons (Fsp3) is 0.379. The van der Waals surface area contributed by atoms with Crippen molar-refractivity contribution in [1.29, 1.82) is 0 Å². The third-order valence-corrected chi connectivity index (χ3v) is 7.71. The molecule has 0 bridgehead atoms. The van der Waals surface area contributed by atoms with Gasteiger partial charge in [0.15, 0.2) is 0 Å². The van der Waals surface area contributed by atoms with Gasteiger partial charge in [-0.1, -0.05) is 31.2 Å². The van der Waals surface area contributed by atoms with Gasteiger partial charge in [0.05, 0.1) is 12.3 Å². The highest BCUT2D eigenvalue weighted by atomic mass is 32.2. The monoisotopic (exact) mass is 507 g/mol. The fourth-order valence-electron chi connectivity index (χ4n) is 4.34. The minimum atomic E-state index is -0.791. The number of aliphatic carboxylic acids is 1. The van der Waals surface area contributed by atoms with Gasteiger partial charge in [0.25, 0.3) is 0 Å². The van der Waals surface area contributed by atoms with Gasteiger partial charge in [-0.2, -0.15) is 0 Å². The lowest BCUT2D eigenvalue weighted by Gasteiger charge is -2.13. The Labute approximate surface area is 215 Å². The zero-order chi connectivity index (χ0) is 25.3. The molecule has 1 N–H and O–H groups in total. The van der Waals surface area contributed by atoms with Crippen LogP contribution in [0.3, 0.4) is 0 Å². The van der Waals surface area contributed by atoms with Crippen LogP contribution in [-0.2, 0) is 41.5 Å². The minimum Gasteiger partial charge on any atom is -0.489 e. The van der Waals surface area contributed by atoms with Crippen molar-refractivity contribution in [2.75, 3.05) is 18.1 Å². The van der Waals surface area contributed by atoms with Gasteiger partial charge in [0.2, 0.25) is 5.88 Å². The molecule has 190 valence electrons. The Kier molecular flexibility index (Phi) is 9.11. The van der Waals surface area contributed by atoms with Gasteiger partial charge in [-0.25, -0.2) is 4.98 Å². The number of carbonyl (C=O) groups is 1.